The molecule has 4 rings (SSSR count). The number of nitrogens with zero attached hydrogens (tertiary/aromatic N) is 4. The van der Waals surface area contributed by atoms with Crippen LogP contribution in [-0.2, 0) is 0 Å². The molecule has 0 aliphatic rings. The van der Waals surface area contributed by atoms with Gasteiger partial charge in [0.25, 0.3) is 6.43 Å². The summed E-state index contributed by atoms with van der Waals surface area (Å²) in [6.45, 7) is 0. The highest BCUT2D eigenvalue weighted by molar-refractivity contribution is 7.99. The molecule has 4 aromatic rings. The maximum atomic E-state index is 12.9. The van der Waals surface area contributed by atoms with Crippen molar-refractivity contribution in [1.82, 2.24) is 19.8 Å². The number of benzene rings is 2. The zero-order chi connectivity index (χ0) is 15.8. The number of alkyl halides is 2. The molecule has 0 N–H and O–H groups in total. The first-order valence-corrected chi connectivity index (χ1v) is 7.69. The molecule has 2 heterocycles. The molecule has 0 atom stereocenters. The Morgan fingerprint density at radius 3 is 2.57 bits per heavy atom. The molecule has 0 bridgehead atoms. The van der Waals surface area contributed by atoms with Gasteiger partial charge in [-0.2, -0.15) is 9.61 Å². The van der Waals surface area contributed by atoms with E-state index in [0.29, 0.717) is 10.7 Å². The fourth-order valence-corrected chi connectivity index (χ4v) is 3.15. The second-order valence-electron chi connectivity index (χ2n) is 4.91. The van der Waals surface area contributed by atoms with Crippen molar-refractivity contribution < 1.29 is 8.78 Å². The van der Waals surface area contributed by atoms with Crippen molar-refractivity contribution in [3.63, 3.8) is 0 Å². The van der Waals surface area contributed by atoms with Crippen LogP contribution < -0.4 is 0 Å². The van der Waals surface area contributed by atoms with Crippen LogP contribution in [-0.4, -0.2) is 19.8 Å². The summed E-state index contributed by atoms with van der Waals surface area (Å²) in [6, 6.07) is 17.5. The van der Waals surface area contributed by atoms with Crippen molar-refractivity contribution >= 4 is 28.2 Å². The number of hydrogen-bond donors (Lipinski definition) is 0. The Kier molecular flexibility index (Phi) is 3.42. The molecule has 0 saturated heterocycles. The smallest absolute Gasteiger partial charge is 0.201 e. The maximum absolute atomic E-state index is 12.9. The van der Waals surface area contributed by atoms with Crippen LogP contribution in [0.4, 0.5) is 8.78 Å². The van der Waals surface area contributed by atoms with Crippen LogP contribution in [0.15, 0.2) is 64.5 Å². The minimum Gasteiger partial charge on any atom is -0.201 e. The third kappa shape index (κ3) is 2.63. The fraction of sp³-hybridized carbons (Fsp3) is 0.0625. The molecule has 23 heavy (non-hydrogen) atoms. The van der Waals surface area contributed by atoms with Crippen LogP contribution in [0.1, 0.15) is 12.2 Å². The summed E-state index contributed by atoms with van der Waals surface area (Å²) in [5.74, 6) is -0.444. The SMILES string of the molecule is FC(F)c1nnc2ccc(Sc3ccc4ccccc4c3)nn12. The first-order chi connectivity index (χ1) is 11.2. The molecule has 0 radical (unpaired) electrons. The van der Waals surface area contributed by atoms with Crippen LogP contribution in [0.2, 0.25) is 0 Å². The van der Waals surface area contributed by atoms with E-state index in [4.69, 9.17) is 0 Å². The van der Waals surface area contributed by atoms with E-state index in [9.17, 15) is 8.78 Å². The van der Waals surface area contributed by atoms with Gasteiger partial charge in [0.1, 0.15) is 5.03 Å². The zero-order valence-electron chi connectivity index (χ0n) is 11.7. The number of rotatable bonds is 3. The Bertz CT molecular complexity index is 1000. The monoisotopic (exact) mass is 328 g/mol. The Balaban J connectivity index is 1.72. The number of fused-ring (bicyclic) bond motifs is 2. The van der Waals surface area contributed by atoms with Crippen molar-refractivity contribution in [2.24, 2.45) is 0 Å². The van der Waals surface area contributed by atoms with E-state index in [2.05, 4.69) is 15.3 Å². The van der Waals surface area contributed by atoms with E-state index in [1.807, 2.05) is 42.5 Å². The van der Waals surface area contributed by atoms with Gasteiger partial charge < -0.3 is 0 Å². The van der Waals surface area contributed by atoms with Gasteiger partial charge in [0.2, 0.25) is 5.82 Å². The van der Waals surface area contributed by atoms with Crippen molar-refractivity contribution in [3.05, 3.63) is 60.4 Å². The highest BCUT2D eigenvalue weighted by Crippen LogP contribution is 2.29. The van der Waals surface area contributed by atoms with Crippen molar-refractivity contribution in [1.29, 1.82) is 0 Å². The molecule has 0 amide bonds. The van der Waals surface area contributed by atoms with E-state index < -0.39 is 12.2 Å². The number of aromatic nitrogens is 4. The van der Waals surface area contributed by atoms with Gasteiger partial charge in [-0.05, 0) is 35.0 Å². The van der Waals surface area contributed by atoms with E-state index in [-0.39, 0.29) is 0 Å². The van der Waals surface area contributed by atoms with Crippen LogP contribution in [0, 0.1) is 0 Å². The highest BCUT2D eigenvalue weighted by Gasteiger charge is 2.17. The minimum absolute atomic E-state index is 0.308. The molecule has 0 unspecified atom stereocenters. The van der Waals surface area contributed by atoms with Gasteiger partial charge >= 0.3 is 0 Å². The molecule has 0 saturated carbocycles. The first kappa shape index (κ1) is 14.1. The minimum atomic E-state index is -2.71. The first-order valence-electron chi connectivity index (χ1n) is 6.88. The second kappa shape index (κ2) is 5.58. The van der Waals surface area contributed by atoms with E-state index in [1.54, 1.807) is 12.1 Å². The van der Waals surface area contributed by atoms with Gasteiger partial charge in [0.15, 0.2) is 5.65 Å². The fourth-order valence-electron chi connectivity index (χ4n) is 2.33. The summed E-state index contributed by atoms with van der Waals surface area (Å²) < 4.78 is 26.9. The molecule has 114 valence electrons. The Hall–Kier alpha value is -2.54. The molecule has 0 spiro atoms. The molecule has 2 aromatic heterocycles. The van der Waals surface area contributed by atoms with Crippen molar-refractivity contribution in [3.8, 4) is 0 Å². The lowest BCUT2D eigenvalue weighted by Gasteiger charge is -2.04. The summed E-state index contributed by atoms with van der Waals surface area (Å²) in [7, 11) is 0. The van der Waals surface area contributed by atoms with Gasteiger partial charge in [-0.1, -0.05) is 42.1 Å². The quantitative estimate of drug-likeness (QED) is 0.560. The van der Waals surface area contributed by atoms with Gasteiger partial charge in [0.05, 0.1) is 0 Å². The third-order valence-electron chi connectivity index (χ3n) is 3.40. The third-order valence-corrected chi connectivity index (χ3v) is 4.32. The lowest BCUT2D eigenvalue weighted by atomic mass is 10.1. The predicted octanol–water partition coefficient (Wildman–Crippen LogP) is 4.37. The molecule has 0 fully saturated rings. The molecule has 0 aliphatic heterocycles. The van der Waals surface area contributed by atoms with Crippen LogP contribution in [0.5, 0.6) is 0 Å². The van der Waals surface area contributed by atoms with Gasteiger partial charge in [0, 0.05) is 4.90 Å². The van der Waals surface area contributed by atoms with Gasteiger partial charge in [-0.15, -0.1) is 10.2 Å². The van der Waals surface area contributed by atoms with Crippen LogP contribution in [0.25, 0.3) is 16.4 Å². The predicted molar refractivity (Wildman–Crippen MR) is 83.8 cm³/mol. The second-order valence-corrected chi connectivity index (χ2v) is 6.01. The molecule has 0 aliphatic carbocycles. The molecule has 7 heteroatoms. The van der Waals surface area contributed by atoms with Gasteiger partial charge in [-0.3, -0.25) is 0 Å². The van der Waals surface area contributed by atoms with E-state index in [0.717, 1.165) is 20.2 Å². The summed E-state index contributed by atoms with van der Waals surface area (Å²) in [5, 5.41) is 14.3. The standard InChI is InChI=1S/C16H10F2N4S/c17-15(18)16-20-19-13-7-8-14(21-22(13)16)23-12-6-5-10-3-1-2-4-11(10)9-12/h1-9,15H. The number of hydrogen-bond acceptors (Lipinski definition) is 4. The Morgan fingerprint density at radius 2 is 1.74 bits per heavy atom. The van der Waals surface area contributed by atoms with Crippen molar-refractivity contribution in [2.75, 3.05) is 0 Å². The number of halogens is 2. The lowest BCUT2D eigenvalue weighted by molar-refractivity contribution is 0.137. The van der Waals surface area contributed by atoms with E-state index >= 15 is 0 Å². The average molecular weight is 328 g/mol. The zero-order valence-corrected chi connectivity index (χ0v) is 12.5. The normalized spacial score (nSPS) is 11.6. The van der Waals surface area contributed by atoms with Crippen molar-refractivity contribution in [2.45, 2.75) is 16.3 Å². The molecule has 2 aromatic carbocycles. The van der Waals surface area contributed by atoms with Crippen LogP contribution >= 0.6 is 11.8 Å². The largest absolute Gasteiger partial charge is 0.299 e. The maximum Gasteiger partial charge on any atom is 0.299 e. The molecule has 4 nitrogen and oxygen atoms in total. The van der Waals surface area contributed by atoms with Crippen LogP contribution in [0.3, 0.4) is 0 Å². The molecular formula is C16H10F2N4S. The average Bonchev–Trinajstić information content (AvgIpc) is 2.98. The molecular weight excluding hydrogens is 318 g/mol. The summed E-state index contributed by atoms with van der Waals surface area (Å²) >= 11 is 1.41. The van der Waals surface area contributed by atoms with Gasteiger partial charge in [-0.25, -0.2) is 8.78 Å². The topological polar surface area (TPSA) is 43.1 Å². The summed E-state index contributed by atoms with van der Waals surface area (Å²) in [5.41, 5.74) is 0.308. The van der Waals surface area contributed by atoms with E-state index in [1.165, 1.54) is 11.8 Å². The Labute approximate surface area is 134 Å². The Morgan fingerprint density at radius 1 is 0.913 bits per heavy atom. The summed E-state index contributed by atoms with van der Waals surface area (Å²) in [6.07, 6.45) is -2.71. The summed E-state index contributed by atoms with van der Waals surface area (Å²) in [4.78, 5) is 0.988. The lowest BCUT2D eigenvalue weighted by Crippen LogP contribution is -2.00. The highest BCUT2D eigenvalue weighted by atomic mass is 32.2.